The second-order valence-corrected chi connectivity index (χ2v) is 6.10. The zero-order valence-electron chi connectivity index (χ0n) is 12.4. The van der Waals surface area contributed by atoms with E-state index in [1.807, 2.05) is 19.1 Å². The van der Waals surface area contributed by atoms with E-state index in [4.69, 9.17) is 32.7 Å². The lowest BCUT2D eigenvalue weighted by molar-refractivity contribution is -0.131. The zero-order valence-corrected chi connectivity index (χ0v) is 13.9. The summed E-state index contributed by atoms with van der Waals surface area (Å²) in [6.07, 6.45) is -0.696. The monoisotopic (exact) mass is 351 g/mol. The molecule has 0 radical (unpaired) electrons. The van der Waals surface area contributed by atoms with E-state index in [0.29, 0.717) is 21.5 Å². The van der Waals surface area contributed by atoms with Crippen LogP contribution in [0.4, 0.5) is 0 Å². The van der Waals surface area contributed by atoms with Crippen LogP contribution in [0.3, 0.4) is 0 Å². The maximum Gasteiger partial charge on any atom is 0.265 e. The SMILES string of the molecule is C[C@H](NC(=O)[C@H]1COc2ccccc2O1)c1ccc(Cl)cc1Cl. The number of nitrogens with one attached hydrogen (secondary N) is 1. The molecule has 0 saturated heterocycles. The van der Waals surface area contributed by atoms with Crippen LogP contribution >= 0.6 is 23.2 Å². The number of fused-ring (bicyclic) bond motifs is 1. The van der Waals surface area contributed by atoms with Gasteiger partial charge in [-0.3, -0.25) is 4.79 Å². The summed E-state index contributed by atoms with van der Waals surface area (Å²) in [5.74, 6) is 0.958. The third-order valence-corrected chi connectivity index (χ3v) is 4.15. The fourth-order valence-corrected chi connectivity index (χ4v) is 2.96. The average molecular weight is 352 g/mol. The number of hydrogen-bond acceptors (Lipinski definition) is 3. The van der Waals surface area contributed by atoms with E-state index in [0.717, 1.165) is 5.56 Å². The van der Waals surface area contributed by atoms with Crippen molar-refractivity contribution < 1.29 is 14.3 Å². The van der Waals surface area contributed by atoms with Crippen LogP contribution in [0.15, 0.2) is 42.5 Å². The Bertz CT molecular complexity index is 736. The van der Waals surface area contributed by atoms with Crippen LogP contribution < -0.4 is 14.8 Å². The lowest BCUT2D eigenvalue weighted by Gasteiger charge is -2.27. The number of para-hydroxylation sites is 2. The summed E-state index contributed by atoms with van der Waals surface area (Å²) in [7, 11) is 0. The largest absolute Gasteiger partial charge is 0.485 e. The van der Waals surface area contributed by atoms with Crippen molar-refractivity contribution in [2.75, 3.05) is 6.61 Å². The molecule has 0 bridgehead atoms. The molecular weight excluding hydrogens is 337 g/mol. The maximum absolute atomic E-state index is 12.4. The second-order valence-electron chi connectivity index (χ2n) is 5.26. The van der Waals surface area contributed by atoms with Crippen molar-refractivity contribution >= 4 is 29.1 Å². The van der Waals surface area contributed by atoms with Gasteiger partial charge in [0.2, 0.25) is 6.10 Å². The van der Waals surface area contributed by atoms with Crippen molar-refractivity contribution in [2.24, 2.45) is 0 Å². The van der Waals surface area contributed by atoms with Gasteiger partial charge in [-0.1, -0.05) is 41.4 Å². The highest BCUT2D eigenvalue weighted by Gasteiger charge is 2.28. The van der Waals surface area contributed by atoms with Crippen molar-refractivity contribution in [1.29, 1.82) is 0 Å². The Kier molecular flexibility index (Phi) is 4.64. The lowest BCUT2D eigenvalue weighted by Crippen LogP contribution is -2.44. The molecular formula is C17H15Cl2NO3. The number of carbonyl (C=O) groups excluding carboxylic acids is 1. The van der Waals surface area contributed by atoms with Gasteiger partial charge in [-0.2, -0.15) is 0 Å². The smallest absolute Gasteiger partial charge is 0.265 e. The summed E-state index contributed by atoms with van der Waals surface area (Å²) in [5, 5.41) is 3.95. The van der Waals surface area contributed by atoms with E-state index in [1.54, 1.807) is 30.3 Å². The van der Waals surface area contributed by atoms with Gasteiger partial charge < -0.3 is 14.8 Å². The zero-order chi connectivity index (χ0) is 16.4. The first-order valence-electron chi connectivity index (χ1n) is 7.18. The number of hydrogen-bond donors (Lipinski definition) is 1. The van der Waals surface area contributed by atoms with Crippen LogP contribution in [0.25, 0.3) is 0 Å². The first-order chi connectivity index (χ1) is 11.0. The molecule has 23 heavy (non-hydrogen) atoms. The summed E-state index contributed by atoms with van der Waals surface area (Å²) in [5.41, 5.74) is 0.793. The molecule has 1 amide bonds. The lowest BCUT2D eigenvalue weighted by atomic mass is 10.1. The number of carbonyl (C=O) groups is 1. The molecule has 1 N–H and O–H groups in total. The Morgan fingerprint density at radius 2 is 1.96 bits per heavy atom. The molecule has 0 fully saturated rings. The number of ether oxygens (including phenoxy) is 2. The fourth-order valence-electron chi connectivity index (χ4n) is 2.39. The Labute approximate surface area is 144 Å². The standard InChI is InChI=1S/C17H15Cl2NO3/c1-10(12-7-6-11(18)8-13(12)19)20-17(21)16-9-22-14-4-2-3-5-15(14)23-16/h2-8,10,16H,9H2,1H3,(H,20,21)/t10-,16+/m0/s1. The summed E-state index contributed by atoms with van der Waals surface area (Å²) in [6, 6.07) is 12.2. The molecule has 120 valence electrons. The van der Waals surface area contributed by atoms with Gasteiger partial charge in [0.05, 0.1) is 6.04 Å². The first-order valence-corrected chi connectivity index (χ1v) is 7.94. The van der Waals surface area contributed by atoms with Crippen molar-refractivity contribution in [3.05, 3.63) is 58.1 Å². The van der Waals surface area contributed by atoms with Crippen molar-refractivity contribution in [2.45, 2.75) is 19.1 Å². The average Bonchev–Trinajstić information content (AvgIpc) is 2.54. The van der Waals surface area contributed by atoms with Crippen LogP contribution in [-0.4, -0.2) is 18.6 Å². The molecule has 2 atom stereocenters. The number of rotatable bonds is 3. The van der Waals surface area contributed by atoms with Crippen LogP contribution in [0.2, 0.25) is 10.0 Å². The minimum absolute atomic E-state index is 0.171. The Morgan fingerprint density at radius 3 is 2.70 bits per heavy atom. The van der Waals surface area contributed by atoms with E-state index in [2.05, 4.69) is 5.32 Å². The van der Waals surface area contributed by atoms with Gasteiger partial charge in [-0.05, 0) is 36.8 Å². The minimum Gasteiger partial charge on any atom is -0.485 e. The Morgan fingerprint density at radius 1 is 1.22 bits per heavy atom. The normalized spacial score (nSPS) is 17.4. The molecule has 0 aromatic heterocycles. The Balaban J connectivity index is 1.68. The molecule has 0 spiro atoms. The van der Waals surface area contributed by atoms with Gasteiger partial charge in [-0.25, -0.2) is 0 Å². The molecule has 3 rings (SSSR count). The molecule has 1 aliphatic rings. The van der Waals surface area contributed by atoms with Gasteiger partial charge >= 0.3 is 0 Å². The summed E-state index contributed by atoms with van der Waals surface area (Å²) in [6.45, 7) is 2.02. The second kappa shape index (κ2) is 6.69. The topological polar surface area (TPSA) is 47.6 Å². The van der Waals surface area contributed by atoms with E-state index in [9.17, 15) is 4.79 Å². The van der Waals surface area contributed by atoms with Crippen LogP contribution in [0.1, 0.15) is 18.5 Å². The van der Waals surface area contributed by atoms with Gasteiger partial charge in [0.1, 0.15) is 6.61 Å². The highest BCUT2D eigenvalue weighted by Crippen LogP contribution is 2.31. The summed E-state index contributed by atoms with van der Waals surface area (Å²) >= 11 is 12.1. The molecule has 0 saturated carbocycles. The molecule has 1 aliphatic heterocycles. The van der Waals surface area contributed by atoms with Crippen molar-refractivity contribution in [1.82, 2.24) is 5.32 Å². The minimum atomic E-state index is -0.696. The molecule has 2 aromatic carbocycles. The maximum atomic E-state index is 12.4. The van der Waals surface area contributed by atoms with E-state index in [1.165, 1.54) is 0 Å². The number of benzene rings is 2. The van der Waals surface area contributed by atoms with E-state index < -0.39 is 6.10 Å². The molecule has 1 heterocycles. The third kappa shape index (κ3) is 3.54. The molecule has 4 nitrogen and oxygen atoms in total. The van der Waals surface area contributed by atoms with Crippen molar-refractivity contribution in [3.63, 3.8) is 0 Å². The van der Waals surface area contributed by atoms with E-state index >= 15 is 0 Å². The number of amides is 1. The third-order valence-electron chi connectivity index (χ3n) is 3.59. The number of halogens is 2. The quantitative estimate of drug-likeness (QED) is 0.908. The van der Waals surface area contributed by atoms with Crippen LogP contribution in [0, 0.1) is 0 Å². The van der Waals surface area contributed by atoms with Gasteiger partial charge in [-0.15, -0.1) is 0 Å². The van der Waals surface area contributed by atoms with Crippen molar-refractivity contribution in [3.8, 4) is 11.5 Å². The summed E-state index contributed by atoms with van der Waals surface area (Å²) < 4.78 is 11.2. The molecule has 0 aliphatic carbocycles. The van der Waals surface area contributed by atoms with Gasteiger partial charge in [0, 0.05) is 10.0 Å². The first kappa shape index (κ1) is 16.0. The molecule has 0 unspecified atom stereocenters. The van der Waals surface area contributed by atoms with Crippen LogP contribution in [0.5, 0.6) is 11.5 Å². The van der Waals surface area contributed by atoms with Crippen LogP contribution in [-0.2, 0) is 4.79 Å². The van der Waals surface area contributed by atoms with Gasteiger partial charge in [0.25, 0.3) is 5.91 Å². The predicted octanol–water partition coefficient (Wildman–Crippen LogP) is 4.01. The Hall–Kier alpha value is -1.91. The highest BCUT2D eigenvalue weighted by molar-refractivity contribution is 6.35. The highest BCUT2D eigenvalue weighted by atomic mass is 35.5. The van der Waals surface area contributed by atoms with Gasteiger partial charge in [0.15, 0.2) is 11.5 Å². The molecule has 2 aromatic rings. The van der Waals surface area contributed by atoms with E-state index in [-0.39, 0.29) is 18.6 Å². The fraction of sp³-hybridized carbons (Fsp3) is 0.235. The summed E-state index contributed by atoms with van der Waals surface area (Å²) in [4.78, 5) is 12.4. The molecule has 6 heteroatoms. The predicted molar refractivity (Wildman–Crippen MR) is 89.4 cm³/mol.